The highest BCUT2D eigenvalue weighted by Crippen LogP contribution is 2.46. The van der Waals surface area contributed by atoms with Crippen molar-refractivity contribution in [2.24, 2.45) is 0 Å². The highest BCUT2D eigenvalue weighted by molar-refractivity contribution is 7.92. The Morgan fingerprint density at radius 2 is 0.690 bits per heavy atom. The van der Waals surface area contributed by atoms with Crippen LogP contribution in [0.25, 0.3) is 0 Å². The second-order valence-electron chi connectivity index (χ2n) is 9.74. The highest BCUT2D eigenvalue weighted by Gasteiger charge is 2.39. The van der Waals surface area contributed by atoms with Crippen molar-refractivity contribution < 1.29 is 26.4 Å². The van der Waals surface area contributed by atoms with Crippen LogP contribution in [0.3, 0.4) is 0 Å². The molecule has 0 saturated carbocycles. The normalized spacial score (nSPS) is 15.5. The van der Waals surface area contributed by atoms with E-state index >= 15 is 0 Å². The minimum Gasteiger partial charge on any atom is -0.274 e. The number of benzene rings is 5. The van der Waals surface area contributed by atoms with E-state index in [0.717, 1.165) is 0 Å². The summed E-state index contributed by atoms with van der Waals surface area (Å²) in [5.74, 6) is -1.05. The second kappa shape index (κ2) is 9.23. The van der Waals surface area contributed by atoms with Crippen molar-refractivity contribution in [2.75, 3.05) is 9.80 Å². The van der Waals surface area contributed by atoms with Crippen LogP contribution < -0.4 is 9.80 Å². The topological polar surface area (TPSA) is 109 Å². The molecule has 0 spiro atoms. The fourth-order valence-corrected chi connectivity index (χ4v) is 8.70. The molecule has 42 heavy (non-hydrogen) atoms. The Bertz CT molecular complexity index is 1930. The van der Waals surface area contributed by atoms with E-state index in [1.165, 1.54) is 40.1 Å². The van der Waals surface area contributed by atoms with Gasteiger partial charge in [-0.05, 0) is 66.7 Å². The third kappa shape index (κ3) is 3.65. The molecule has 0 fully saturated rings. The molecule has 0 atom stereocenters. The van der Waals surface area contributed by atoms with Crippen molar-refractivity contribution in [2.45, 2.75) is 19.6 Å². The highest BCUT2D eigenvalue weighted by atomic mass is 32.2. The molecule has 0 saturated heterocycles. The van der Waals surface area contributed by atoms with Crippen molar-refractivity contribution in [1.29, 1.82) is 0 Å². The lowest BCUT2D eigenvalue weighted by molar-refractivity contribution is 0.0997. The fraction of sp³-hybridized carbons (Fsp3) is 0. The van der Waals surface area contributed by atoms with Crippen LogP contribution in [0.1, 0.15) is 20.7 Å². The van der Waals surface area contributed by atoms with Crippen LogP contribution >= 0.6 is 0 Å². The van der Waals surface area contributed by atoms with Crippen molar-refractivity contribution in [1.82, 2.24) is 0 Å². The minimum absolute atomic E-state index is 0.00650. The van der Waals surface area contributed by atoms with E-state index in [1.54, 1.807) is 91.0 Å². The van der Waals surface area contributed by atoms with Gasteiger partial charge in [0.2, 0.25) is 19.7 Å². The Balaban J connectivity index is 1.34. The average molecular weight is 593 g/mol. The fourth-order valence-electron chi connectivity index (χ4n) is 5.45. The molecule has 0 aromatic heterocycles. The van der Waals surface area contributed by atoms with E-state index < -0.39 is 31.5 Å². The summed E-state index contributed by atoms with van der Waals surface area (Å²) in [7, 11) is -7.71. The third-order valence-corrected chi connectivity index (χ3v) is 11.0. The number of hydrogen-bond acceptors (Lipinski definition) is 6. The first kappa shape index (κ1) is 25.9. The zero-order valence-electron chi connectivity index (χ0n) is 21.7. The molecule has 2 heterocycles. The zero-order valence-corrected chi connectivity index (χ0v) is 23.3. The smallest absolute Gasteiger partial charge is 0.262 e. The zero-order chi connectivity index (χ0) is 29.2. The molecule has 10 heteroatoms. The van der Waals surface area contributed by atoms with Gasteiger partial charge in [-0.3, -0.25) is 19.4 Å². The number of sulfone groups is 2. The molecule has 5 aromatic carbocycles. The van der Waals surface area contributed by atoms with Crippen LogP contribution in [-0.2, 0) is 19.7 Å². The van der Waals surface area contributed by atoms with Crippen molar-refractivity contribution in [3.8, 4) is 0 Å². The number of anilines is 4. The van der Waals surface area contributed by atoms with Crippen molar-refractivity contribution in [3.63, 3.8) is 0 Å². The molecule has 7 rings (SSSR count). The maximum atomic E-state index is 14.1. The van der Waals surface area contributed by atoms with E-state index in [4.69, 9.17) is 0 Å². The van der Waals surface area contributed by atoms with Crippen LogP contribution in [0.4, 0.5) is 22.7 Å². The number of para-hydroxylation sites is 4. The average Bonchev–Trinajstić information content (AvgIpc) is 3.01. The number of carbonyl (C=O) groups is 2. The Morgan fingerprint density at radius 3 is 1.00 bits per heavy atom. The van der Waals surface area contributed by atoms with E-state index in [9.17, 15) is 26.4 Å². The maximum absolute atomic E-state index is 14.1. The number of carbonyl (C=O) groups excluding carboxylic acids is 2. The summed E-state index contributed by atoms with van der Waals surface area (Å²) in [6.45, 7) is 0. The summed E-state index contributed by atoms with van der Waals surface area (Å²) in [6, 6.07) is 31.2. The van der Waals surface area contributed by atoms with Gasteiger partial charge in [0.05, 0.1) is 42.3 Å². The van der Waals surface area contributed by atoms with E-state index in [-0.39, 0.29) is 53.5 Å². The monoisotopic (exact) mass is 592 g/mol. The van der Waals surface area contributed by atoms with Crippen LogP contribution in [0, 0.1) is 0 Å². The molecule has 206 valence electrons. The van der Waals surface area contributed by atoms with E-state index in [1.807, 2.05) is 0 Å². The van der Waals surface area contributed by atoms with Gasteiger partial charge in [-0.25, -0.2) is 16.8 Å². The van der Waals surface area contributed by atoms with Gasteiger partial charge in [0.1, 0.15) is 0 Å². The molecule has 0 N–H and O–H groups in total. The van der Waals surface area contributed by atoms with E-state index in [2.05, 4.69) is 0 Å². The number of fused-ring (bicyclic) bond motifs is 4. The predicted octanol–water partition coefficient (Wildman–Crippen LogP) is 5.94. The molecule has 0 bridgehead atoms. The van der Waals surface area contributed by atoms with Crippen molar-refractivity contribution in [3.05, 3.63) is 132 Å². The molecule has 0 aliphatic carbocycles. The Morgan fingerprint density at radius 1 is 0.405 bits per heavy atom. The molecule has 2 aliphatic rings. The Hall–Kier alpha value is -5.06. The summed E-state index contributed by atoms with van der Waals surface area (Å²) >= 11 is 0. The molecular formula is C32H20N2O6S2. The SMILES string of the molecule is O=C(c1cccc(C(=O)N2c3ccccc3S(=O)(=O)c3ccccc32)c1)N1c2ccccc2S(=O)(=O)c2ccccc21. The lowest BCUT2D eigenvalue weighted by Crippen LogP contribution is -2.33. The lowest BCUT2D eigenvalue weighted by atomic mass is 10.1. The van der Waals surface area contributed by atoms with Gasteiger partial charge in [-0.15, -0.1) is 0 Å². The van der Waals surface area contributed by atoms with Gasteiger partial charge in [-0.1, -0.05) is 54.6 Å². The number of nitrogens with zero attached hydrogens (tertiary/aromatic N) is 2. The standard InChI is InChI=1S/C32H20N2O6S2/c35-31(33-23-12-1-5-16-27(23)41(37,38)28-17-6-2-13-24(28)33)21-10-9-11-22(20-21)32(36)34-25-14-3-7-18-29(25)42(39,40)30-19-8-4-15-26(30)34/h1-20H. The van der Waals surface area contributed by atoms with Crippen LogP contribution in [0.5, 0.6) is 0 Å². The first-order chi connectivity index (χ1) is 20.2. The maximum Gasteiger partial charge on any atom is 0.262 e. The van der Waals surface area contributed by atoms with Gasteiger partial charge >= 0.3 is 0 Å². The van der Waals surface area contributed by atoms with Gasteiger partial charge in [-0.2, -0.15) is 0 Å². The molecule has 0 unspecified atom stereocenters. The first-order valence-corrected chi connectivity index (χ1v) is 15.8. The van der Waals surface area contributed by atoms with Gasteiger partial charge < -0.3 is 0 Å². The molecule has 2 aliphatic heterocycles. The molecule has 5 aromatic rings. The number of rotatable bonds is 2. The van der Waals surface area contributed by atoms with E-state index in [0.29, 0.717) is 0 Å². The molecule has 2 amide bonds. The van der Waals surface area contributed by atoms with Crippen LogP contribution in [0.2, 0.25) is 0 Å². The summed E-state index contributed by atoms with van der Waals surface area (Å²) in [6.07, 6.45) is 0. The van der Waals surface area contributed by atoms with Gasteiger partial charge in [0, 0.05) is 11.1 Å². The summed E-state index contributed by atoms with van der Waals surface area (Å²) in [5, 5.41) is 0. The molecule has 0 radical (unpaired) electrons. The number of hydrogen-bond donors (Lipinski definition) is 0. The first-order valence-electron chi connectivity index (χ1n) is 12.9. The predicted molar refractivity (Wildman–Crippen MR) is 156 cm³/mol. The summed E-state index contributed by atoms with van der Waals surface area (Å²) in [5.41, 5.74) is 1.14. The van der Waals surface area contributed by atoms with Crippen molar-refractivity contribution >= 4 is 54.2 Å². The van der Waals surface area contributed by atoms with Gasteiger partial charge in [0.25, 0.3) is 11.8 Å². The Labute approximate surface area is 241 Å². The third-order valence-electron chi connectivity index (χ3n) is 7.35. The van der Waals surface area contributed by atoms with Gasteiger partial charge in [0.15, 0.2) is 0 Å². The Kier molecular flexibility index (Phi) is 5.69. The summed E-state index contributed by atoms with van der Waals surface area (Å²) in [4.78, 5) is 30.9. The van der Waals surface area contributed by atoms with Crippen LogP contribution in [0.15, 0.2) is 141 Å². The lowest BCUT2D eigenvalue weighted by Gasteiger charge is -2.32. The number of amides is 2. The minimum atomic E-state index is -3.86. The summed E-state index contributed by atoms with van der Waals surface area (Å²) < 4.78 is 53.3. The molecular weight excluding hydrogens is 572 g/mol. The van der Waals surface area contributed by atoms with Crippen LogP contribution in [-0.4, -0.2) is 28.6 Å². The quantitative estimate of drug-likeness (QED) is 0.251. The largest absolute Gasteiger partial charge is 0.274 e. The second-order valence-corrected chi connectivity index (χ2v) is 13.5. The molecule has 8 nitrogen and oxygen atoms in total.